The third kappa shape index (κ3) is 21.2. The summed E-state index contributed by atoms with van der Waals surface area (Å²) in [6.45, 7) is 9.96. The van der Waals surface area contributed by atoms with E-state index in [2.05, 4.69) is 42.0 Å². The highest BCUT2D eigenvalue weighted by Crippen LogP contribution is 2.13. The van der Waals surface area contributed by atoms with Crippen LogP contribution in [0.2, 0.25) is 0 Å². The first kappa shape index (κ1) is 29.9. The van der Waals surface area contributed by atoms with E-state index in [0.29, 0.717) is 0 Å². The Bertz CT molecular complexity index is 315. The average molecular weight is 427 g/mol. The maximum Gasteiger partial charge on any atom is 0.128 e. The minimum atomic E-state index is 1.20. The van der Waals surface area contributed by atoms with E-state index in [1.165, 1.54) is 151 Å². The Morgan fingerprint density at radius 2 is 0.533 bits per heavy atom. The van der Waals surface area contributed by atoms with Gasteiger partial charge in [-0.05, 0) is 25.7 Å². The van der Waals surface area contributed by atoms with Crippen LogP contribution < -0.4 is 0 Å². The molecule has 2 nitrogen and oxygen atoms in total. The summed E-state index contributed by atoms with van der Waals surface area (Å²) in [5, 5.41) is 0. The van der Waals surface area contributed by atoms with Crippen molar-refractivity contribution in [2.24, 2.45) is 0 Å². The van der Waals surface area contributed by atoms with Crippen molar-refractivity contribution in [3.63, 3.8) is 0 Å². The van der Waals surface area contributed by atoms with Gasteiger partial charge in [0, 0.05) is 0 Å². The van der Waals surface area contributed by atoms with E-state index in [9.17, 15) is 0 Å². The van der Waals surface area contributed by atoms with Gasteiger partial charge in [0.1, 0.15) is 13.1 Å². The molecule has 0 heterocycles. The quantitative estimate of drug-likeness (QED) is 0.114. The van der Waals surface area contributed by atoms with Crippen LogP contribution in [0, 0.1) is 0 Å². The van der Waals surface area contributed by atoms with Crippen molar-refractivity contribution in [3.05, 3.63) is 0 Å². The highest BCUT2D eigenvalue weighted by Gasteiger charge is 2.22. The van der Waals surface area contributed by atoms with Crippen LogP contribution >= 0.6 is 0 Å². The molecular weight excluding hydrogens is 364 g/mol. The van der Waals surface area contributed by atoms with Gasteiger partial charge in [0.15, 0.2) is 0 Å². The van der Waals surface area contributed by atoms with E-state index in [1.807, 2.05) is 0 Å². The van der Waals surface area contributed by atoms with E-state index >= 15 is 0 Å². The second-order valence-electron chi connectivity index (χ2n) is 11.4. The first-order chi connectivity index (χ1) is 14.3. The van der Waals surface area contributed by atoms with Crippen LogP contribution in [0.15, 0.2) is 0 Å². The van der Waals surface area contributed by atoms with Crippen molar-refractivity contribution < 1.29 is 8.97 Å². The molecule has 0 aliphatic heterocycles. The molecule has 0 saturated carbocycles. The first-order valence-corrected chi connectivity index (χ1v) is 14.0. The Labute approximate surface area is 193 Å². The molecule has 0 amide bonds. The molecule has 0 atom stereocenters. The molecule has 0 bridgehead atoms. The monoisotopic (exact) mass is 426 g/mol. The summed E-state index contributed by atoms with van der Waals surface area (Å²) >= 11 is 0. The van der Waals surface area contributed by atoms with E-state index in [1.54, 1.807) is 0 Å². The molecule has 0 fully saturated rings. The molecule has 0 aliphatic carbocycles. The van der Waals surface area contributed by atoms with E-state index < -0.39 is 0 Å². The molecule has 30 heavy (non-hydrogen) atoms. The zero-order valence-corrected chi connectivity index (χ0v) is 22.5. The van der Waals surface area contributed by atoms with Gasteiger partial charge in [0.2, 0.25) is 0 Å². The van der Waals surface area contributed by atoms with Crippen LogP contribution in [-0.4, -0.2) is 63.3 Å². The van der Waals surface area contributed by atoms with Crippen molar-refractivity contribution in [2.75, 3.05) is 54.4 Å². The number of likely N-dealkylation sites (N-methyl/N-ethyl adjacent to an activating group) is 2. The number of hydrogen-bond acceptors (Lipinski definition) is 0. The van der Waals surface area contributed by atoms with Crippen molar-refractivity contribution >= 4 is 0 Å². The van der Waals surface area contributed by atoms with Crippen molar-refractivity contribution in [1.29, 1.82) is 0 Å². The van der Waals surface area contributed by atoms with Gasteiger partial charge in [-0.15, -0.1) is 0 Å². The number of unbranched alkanes of at least 4 members (excludes halogenated alkanes) is 16. The maximum absolute atomic E-state index is 2.45. The van der Waals surface area contributed by atoms with Gasteiger partial charge in [-0.25, -0.2) is 0 Å². The van der Waals surface area contributed by atoms with Gasteiger partial charge in [-0.3, -0.25) is 0 Å². The largest absolute Gasteiger partial charge is 0.324 e. The molecule has 182 valence electrons. The lowest BCUT2D eigenvalue weighted by Crippen LogP contribution is -2.51. The van der Waals surface area contributed by atoms with Crippen molar-refractivity contribution in [2.45, 2.75) is 129 Å². The van der Waals surface area contributed by atoms with Gasteiger partial charge < -0.3 is 8.97 Å². The summed E-state index contributed by atoms with van der Waals surface area (Å²) in [4.78, 5) is 0. The topological polar surface area (TPSA) is 0 Å². The molecular formula is C28H62N2+2. The Morgan fingerprint density at radius 3 is 0.800 bits per heavy atom. The van der Waals surface area contributed by atoms with Crippen LogP contribution in [-0.2, 0) is 0 Å². The molecule has 0 aromatic carbocycles. The predicted molar refractivity (Wildman–Crippen MR) is 138 cm³/mol. The van der Waals surface area contributed by atoms with Crippen molar-refractivity contribution in [1.82, 2.24) is 0 Å². The molecule has 2 heteroatoms. The van der Waals surface area contributed by atoms with E-state index in [4.69, 9.17) is 0 Å². The van der Waals surface area contributed by atoms with Gasteiger partial charge >= 0.3 is 0 Å². The van der Waals surface area contributed by atoms with Gasteiger partial charge in [0.25, 0.3) is 0 Å². The second-order valence-corrected chi connectivity index (χ2v) is 11.4. The van der Waals surface area contributed by atoms with Crippen LogP contribution in [0.4, 0.5) is 0 Å². The lowest BCUT2D eigenvalue weighted by atomic mass is 10.1. The summed E-state index contributed by atoms with van der Waals surface area (Å²) in [6, 6.07) is 0. The molecule has 0 aromatic heterocycles. The van der Waals surface area contributed by atoms with Crippen LogP contribution in [0.1, 0.15) is 129 Å². The van der Waals surface area contributed by atoms with Gasteiger partial charge in [-0.2, -0.15) is 0 Å². The SMILES string of the molecule is CCCCCCCCCCC[N+](C)(C)CC[N+](C)(C)CCCCCCCCCCC. The second kappa shape index (κ2) is 19.6. The number of hydrogen-bond donors (Lipinski definition) is 0. The lowest BCUT2D eigenvalue weighted by molar-refractivity contribution is -0.946. The molecule has 0 saturated heterocycles. The third-order valence-electron chi connectivity index (χ3n) is 7.04. The summed E-state index contributed by atoms with van der Waals surface area (Å²) in [7, 11) is 9.79. The molecule has 0 unspecified atom stereocenters. The number of nitrogens with zero attached hydrogens (tertiary/aromatic N) is 2. The summed E-state index contributed by atoms with van der Waals surface area (Å²) < 4.78 is 2.41. The Kier molecular flexibility index (Phi) is 19.5. The molecule has 0 radical (unpaired) electrons. The van der Waals surface area contributed by atoms with Gasteiger partial charge in [0.05, 0.1) is 41.3 Å². The zero-order chi connectivity index (χ0) is 22.6. The lowest BCUT2D eigenvalue weighted by Gasteiger charge is -2.36. The fraction of sp³-hybridized carbons (Fsp3) is 1.00. The zero-order valence-electron chi connectivity index (χ0n) is 22.5. The number of quaternary nitrogens is 2. The fourth-order valence-corrected chi connectivity index (χ4v) is 4.47. The van der Waals surface area contributed by atoms with Crippen LogP contribution in [0.25, 0.3) is 0 Å². The minimum absolute atomic E-state index is 1.20. The minimum Gasteiger partial charge on any atom is -0.324 e. The molecule has 0 N–H and O–H groups in total. The van der Waals surface area contributed by atoms with Crippen molar-refractivity contribution in [3.8, 4) is 0 Å². The maximum atomic E-state index is 2.45. The Balaban J connectivity index is 3.66. The fourth-order valence-electron chi connectivity index (χ4n) is 4.47. The molecule has 0 aliphatic rings. The summed E-state index contributed by atoms with van der Waals surface area (Å²) in [5.74, 6) is 0. The predicted octanol–water partition coefficient (Wildman–Crippen LogP) is 8.20. The highest BCUT2D eigenvalue weighted by atomic mass is 15.4. The van der Waals surface area contributed by atoms with E-state index in [0.717, 1.165) is 0 Å². The Hall–Kier alpha value is -0.0800. The Morgan fingerprint density at radius 1 is 0.300 bits per heavy atom. The smallest absolute Gasteiger partial charge is 0.128 e. The highest BCUT2D eigenvalue weighted by molar-refractivity contribution is 4.49. The number of rotatable bonds is 23. The van der Waals surface area contributed by atoms with Crippen LogP contribution in [0.3, 0.4) is 0 Å². The standard InChI is InChI=1S/C28H62N2/c1-7-9-11-13-15-17-19-21-23-25-29(3,4)27-28-30(5,6)26-24-22-20-18-16-14-12-10-8-2/h7-28H2,1-6H3/q+2. The van der Waals surface area contributed by atoms with Gasteiger partial charge in [-0.1, -0.05) is 104 Å². The first-order valence-electron chi connectivity index (χ1n) is 14.0. The van der Waals surface area contributed by atoms with Crippen LogP contribution in [0.5, 0.6) is 0 Å². The average Bonchev–Trinajstić information content (AvgIpc) is 2.70. The molecule has 0 aromatic rings. The normalized spacial score (nSPS) is 12.6. The molecule has 0 spiro atoms. The third-order valence-corrected chi connectivity index (χ3v) is 7.04. The molecule has 0 rings (SSSR count). The van der Waals surface area contributed by atoms with E-state index in [-0.39, 0.29) is 0 Å². The summed E-state index contributed by atoms with van der Waals surface area (Å²) in [6.07, 6.45) is 25.8. The summed E-state index contributed by atoms with van der Waals surface area (Å²) in [5.41, 5.74) is 0.